The highest BCUT2D eigenvalue weighted by Gasteiger charge is 1.98. The first kappa shape index (κ1) is 11.3. The second-order valence-corrected chi connectivity index (χ2v) is 5.27. The third-order valence-corrected chi connectivity index (χ3v) is 3.31. The van der Waals surface area contributed by atoms with Gasteiger partial charge in [-0.1, -0.05) is 29.8 Å². The Bertz CT molecular complexity index is 445. The van der Waals surface area contributed by atoms with Crippen LogP contribution in [0, 0.1) is 13.8 Å². The van der Waals surface area contributed by atoms with Crippen LogP contribution in [0.25, 0.3) is 0 Å². The van der Waals surface area contributed by atoms with Gasteiger partial charge in [0.25, 0.3) is 0 Å². The molecule has 1 N–H and O–H groups in total. The lowest BCUT2D eigenvalue weighted by Crippen LogP contribution is -2.12. The molecular weight excluding hydrogens is 216 g/mol. The number of hydrogen-bond acceptors (Lipinski definition) is 3. The Hall–Kier alpha value is -1.19. The summed E-state index contributed by atoms with van der Waals surface area (Å²) in [6.45, 7) is 5.95. The minimum absolute atomic E-state index is 0.854. The third-order valence-electron chi connectivity index (χ3n) is 2.40. The van der Waals surface area contributed by atoms with E-state index in [0.29, 0.717) is 0 Å². The van der Waals surface area contributed by atoms with Gasteiger partial charge in [-0.15, -0.1) is 11.3 Å². The van der Waals surface area contributed by atoms with E-state index in [-0.39, 0.29) is 0 Å². The quantitative estimate of drug-likeness (QED) is 0.876. The van der Waals surface area contributed by atoms with Gasteiger partial charge in [-0.05, 0) is 19.4 Å². The van der Waals surface area contributed by atoms with Gasteiger partial charge in [0, 0.05) is 24.2 Å². The van der Waals surface area contributed by atoms with Gasteiger partial charge in [-0.25, -0.2) is 4.98 Å². The van der Waals surface area contributed by atoms with Gasteiger partial charge in [0.1, 0.15) is 5.01 Å². The summed E-state index contributed by atoms with van der Waals surface area (Å²) in [6, 6.07) is 8.61. The van der Waals surface area contributed by atoms with Crippen LogP contribution >= 0.6 is 11.3 Å². The number of benzene rings is 1. The van der Waals surface area contributed by atoms with E-state index in [4.69, 9.17) is 0 Å². The average Bonchev–Trinajstić information content (AvgIpc) is 2.67. The minimum Gasteiger partial charge on any atom is -0.306 e. The highest BCUT2D eigenvalue weighted by Crippen LogP contribution is 2.10. The summed E-state index contributed by atoms with van der Waals surface area (Å²) in [5.74, 6) is 0. The number of hydrogen-bond donors (Lipinski definition) is 1. The van der Waals surface area contributed by atoms with Gasteiger partial charge >= 0.3 is 0 Å². The van der Waals surface area contributed by atoms with Crippen LogP contribution in [0.2, 0.25) is 0 Å². The van der Waals surface area contributed by atoms with Crippen LogP contribution in [-0.4, -0.2) is 4.98 Å². The highest BCUT2D eigenvalue weighted by molar-refractivity contribution is 7.11. The fraction of sp³-hybridized carbons (Fsp3) is 0.308. The predicted octanol–water partition coefficient (Wildman–Crippen LogP) is 3.05. The molecule has 0 aliphatic rings. The highest BCUT2D eigenvalue weighted by atomic mass is 32.1. The van der Waals surface area contributed by atoms with Gasteiger partial charge in [-0.2, -0.15) is 0 Å². The minimum atomic E-state index is 0.854. The van der Waals surface area contributed by atoms with E-state index >= 15 is 0 Å². The van der Waals surface area contributed by atoms with E-state index in [9.17, 15) is 0 Å². The molecule has 0 radical (unpaired) electrons. The molecule has 0 aliphatic heterocycles. The van der Waals surface area contributed by atoms with E-state index in [1.165, 1.54) is 16.0 Å². The van der Waals surface area contributed by atoms with Crippen molar-refractivity contribution in [2.24, 2.45) is 0 Å². The number of rotatable bonds is 4. The SMILES string of the molecule is Cc1ccc(CNCc2ncc(C)s2)cc1. The van der Waals surface area contributed by atoms with E-state index in [1.807, 2.05) is 6.20 Å². The fourth-order valence-corrected chi connectivity index (χ4v) is 2.26. The van der Waals surface area contributed by atoms with Crippen molar-refractivity contribution < 1.29 is 0 Å². The first-order valence-corrected chi connectivity index (χ1v) is 6.23. The zero-order valence-corrected chi connectivity index (χ0v) is 10.5. The molecule has 0 fully saturated rings. The molecule has 2 rings (SSSR count). The number of nitrogens with one attached hydrogen (secondary N) is 1. The van der Waals surface area contributed by atoms with Crippen molar-refractivity contribution in [3.63, 3.8) is 0 Å². The number of thiazole rings is 1. The summed E-state index contributed by atoms with van der Waals surface area (Å²) in [6.07, 6.45) is 1.92. The predicted molar refractivity (Wildman–Crippen MR) is 68.6 cm³/mol. The lowest BCUT2D eigenvalue weighted by atomic mass is 10.1. The van der Waals surface area contributed by atoms with Gasteiger partial charge < -0.3 is 5.32 Å². The molecule has 0 atom stereocenters. The molecule has 0 spiro atoms. The molecule has 2 nitrogen and oxygen atoms in total. The van der Waals surface area contributed by atoms with Crippen molar-refractivity contribution in [1.29, 1.82) is 0 Å². The standard InChI is InChI=1S/C13H16N2S/c1-10-3-5-12(6-4-10)8-14-9-13-15-7-11(2)16-13/h3-7,14H,8-9H2,1-2H3. The second-order valence-electron chi connectivity index (χ2n) is 3.95. The molecule has 3 heteroatoms. The summed E-state index contributed by atoms with van der Waals surface area (Å²) in [7, 11) is 0. The lowest BCUT2D eigenvalue weighted by molar-refractivity contribution is 0.690. The van der Waals surface area contributed by atoms with Crippen LogP contribution in [-0.2, 0) is 13.1 Å². The molecule has 1 aromatic heterocycles. The average molecular weight is 232 g/mol. The fourth-order valence-electron chi connectivity index (χ4n) is 1.50. The Morgan fingerprint density at radius 1 is 1.12 bits per heavy atom. The normalized spacial score (nSPS) is 10.6. The summed E-state index contributed by atoms with van der Waals surface area (Å²) < 4.78 is 0. The van der Waals surface area contributed by atoms with Gasteiger partial charge in [0.2, 0.25) is 0 Å². The molecule has 1 aromatic carbocycles. The van der Waals surface area contributed by atoms with E-state index in [2.05, 4.69) is 48.4 Å². The van der Waals surface area contributed by atoms with Gasteiger partial charge in [0.05, 0.1) is 0 Å². The molecule has 2 aromatic rings. The summed E-state index contributed by atoms with van der Waals surface area (Å²) in [5, 5.41) is 4.56. The van der Waals surface area contributed by atoms with Crippen LogP contribution < -0.4 is 5.32 Å². The molecule has 84 valence electrons. The van der Waals surface area contributed by atoms with Gasteiger partial charge in [0.15, 0.2) is 0 Å². The zero-order chi connectivity index (χ0) is 11.4. The van der Waals surface area contributed by atoms with Crippen molar-refractivity contribution in [2.45, 2.75) is 26.9 Å². The second kappa shape index (κ2) is 5.23. The van der Waals surface area contributed by atoms with Crippen molar-refractivity contribution in [3.05, 3.63) is 51.5 Å². The summed E-state index contributed by atoms with van der Waals surface area (Å²) >= 11 is 1.75. The molecule has 16 heavy (non-hydrogen) atoms. The number of aromatic nitrogens is 1. The topological polar surface area (TPSA) is 24.9 Å². The van der Waals surface area contributed by atoms with Crippen LogP contribution in [0.1, 0.15) is 21.0 Å². The van der Waals surface area contributed by atoms with Crippen LogP contribution in [0.3, 0.4) is 0 Å². The van der Waals surface area contributed by atoms with Crippen molar-refractivity contribution in [3.8, 4) is 0 Å². The maximum absolute atomic E-state index is 4.32. The van der Waals surface area contributed by atoms with Crippen LogP contribution in [0.15, 0.2) is 30.5 Å². The Balaban J connectivity index is 1.82. The first-order chi connectivity index (χ1) is 7.74. The Labute approximate surface area is 100 Å². The van der Waals surface area contributed by atoms with Crippen LogP contribution in [0.5, 0.6) is 0 Å². The Morgan fingerprint density at radius 2 is 1.88 bits per heavy atom. The maximum atomic E-state index is 4.32. The van der Waals surface area contributed by atoms with E-state index < -0.39 is 0 Å². The smallest absolute Gasteiger partial charge is 0.107 e. The van der Waals surface area contributed by atoms with Crippen LogP contribution in [0.4, 0.5) is 0 Å². The summed E-state index contributed by atoms with van der Waals surface area (Å²) in [4.78, 5) is 5.59. The largest absolute Gasteiger partial charge is 0.306 e. The maximum Gasteiger partial charge on any atom is 0.107 e. The molecular formula is C13H16N2S. The van der Waals surface area contributed by atoms with Gasteiger partial charge in [-0.3, -0.25) is 0 Å². The third kappa shape index (κ3) is 3.15. The first-order valence-electron chi connectivity index (χ1n) is 5.41. The van der Waals surface area contributed by atoms with Crippen molar-refractivity contribution in [1.82, 2.24) is 10.3 Å². The number of nitrogens with zero attached hydrogens (tertiary/aromatic N) is 1. The Morgan fingerprint density at radius 3 is 2.50 bits per heavy atom. The molecule has 0 saturated heterocycles. The van der Waals surface area contributed by atoms with E-state index in [0.717, 1.165) is 18.1 Å². The molecule has 1 heterocycles. The Kier molecular flexibility index (Phi) is 3.70. The monoisotopic (exact) mass is 232 g/mol. The molecule has 0 aliphatic carbocycles. The van der Waals surface area contributed by atoms with Crippen molar-refractivity contribution in [2.75, 3.05) is 0 Å². The lowest BCUT2D eigenvalue weighted by Gasteiger charge is -2.03. The number of aryl methyl sites for hydroxylation is 2. The summed E-state index contributed by atoms with van der Waals surface area (Å²) in [5.41, 5.74) is 2.62. The van der Waals surface area contributed by atoms with E-state index in [1.54, 1.807) is 11.3 Å². The molecule has 0 unspecified atom stereocenters. The molecule has 0 saturated carbocycles. The zero-order valence-electron chi connectivity index (χ0n) is 9.66. The molecule has 0 amide bonds. The molecule has 0 bridgehead atoms. The van der Waals surface area contributed by atoms with Crippen molar-refractivity contribution >= 4 is 11.3 Å².